The van der Waals surface area contributed by atoms with Gasteiger partial charge in [0.2, 0.25) is 5.91 Å². The van der Waals surface area contributed by atoms with Crippen LogP contribution in [0.15, 0.2) is 23.4 Å². The van der Waals surface area contributed by atoms with Gasteiger partial charge in [-0.25, -0.2) is 4.39 Å². The third kappa shape index (κ3) is 3.17. The van der Waals surface area contributed by atoms with Crippen molar-refractivity contribution in [1.29, 1.82) is 0 Å². The molecular weight excluding hydrogens is 225 g/mol. The van der Waals surface area contributed by atoms with Crippen LogP contribution in [-0.2, 0) is 4.79 Å². The van der Waals surface area contributed by atoms with Gasteiger partial charge in [0.1, 0.15) is 5.82 Å². The van der Waals surface area contributed by atoms with E-state index in [1.54, 1.807) is 13.8 Å². The summed E-state index contributed by atoms with van der Waals surface area (Å²) in [6.45, 7) is 3.48. The fourth-order valence-corrected chi connectivity index (χ4v) is 1.14. The summed E-state index contributed by atoms with van der Waals surface area (Å²) in [5, 5.41) is 13.8. The van der Waals surface area contributed by atoms with Gasteiger partial charge in [-0.05, 0) is 18.2 Å². The zero-order chi connectivity index (χ0) is 13.0. The van der Waals surface area contributed by atoms with E-state index in [2.05, 4.69) is 10.5 Å². The van der Waals surface area contributed by atoms with Gasteiger partial charge in [0.25, 0.3) is 0 Å². The molecule has 4 N–H and O–H groups in total. The maximum Gasteiger partial charge on any atom is 0.226 e. The van der Waals surface area contributed by atoms with Crippen molar-refractivity contribution in [2.75, 3.05) is 5.32 Å². The number of oxime groups is 1. The number of anilines is 1. The Balaban J connectivity index is 3.01. The molecular formula is C11H14FN3O2. The summed E-state index contributed by atoms with van der Waals surface area (Å²) in [5.74, 6) is -1.35. The fraction of sp³-hybridized carbons (Fsp3) is 0.273. The summed E-state index contributed by atoms with van der Waals surface area (Å²) in [6.07, 6.45) is 0. The molecule has 0 bridgehead atoms. The number of hydrogen-bond acceptors (Lipinski definition) is 3. The van der Waals surface area contributed by atoms with E-state index in [0.717, 1.165) is 6.07 Å². The summed E-state index contributed by atoms with van der Waals surface area (Å²) >= 11 is 0. The predicted molar refractivity (Wildman–Crippen MR) is 62.4 cm³/mol. The number of benzene rings is 1. The molecule has 5 nitrogen and oxygen atoms in total. The van der Waals surface area contributed by atoms with Crippen LogP contribution in [0.5, 0.6) is 0 Å². The standard InChI is InChI=1S/C11H14FN3O2/c1-6(2)11(16)14-7-3-4-9(12)8(5-7)10(13)15-17/h3-6,17H,1-2H3,(H2,13,15)(H,14,16). The summed E-state index contributed by atoms with van der Waals surface area (Å²) < 4.78 is 13.3. The second kappa shape index (κ2) is 5.29. The van der Waals surface area contributed by atoms with E-state index < -0.39 is 5.82 Å². The molecule has 0 fully saturated rings. The lowest BCUT2D eigenvalue weighted by atomic mass is 10.1. The molecule has 0 aliphatic rings. The predicted octanol–water partition coefficient (Wildman–Crippen LogP) is 1.51. The molecule has 0 aromatic heterocycles. The topological polar surface area (TPSA) is 87.7 Å². The van der Waals surface area contributed by atoms with Crippen LogP contribution in [-0.4, -0.2) is 17.0 Å². The van der Waals surface area contributed by atoms with Crippen molar-refractivity contribution in [2.24, 2.45) is 16.8 Å². The Labute approximate surface area is 98.1 Å². The monoisotopic (exact) mass is 239 g/mol. The van der Waals surface area contributed by atoms with E-state index >= 15 is 0 Å². The highest BCUT2D eigenvalue weighted by Crippen LogP contribution is 2.15. The van der Waals surface area contributed by atoms with Crippen LogP contribution in [0.25, 0.3) is 0 Å². The number of carbonyl (C=O) groups is 1. The van der Waals surface area contributed by atoms with Gasteiger partial charge in [-0.1, -0.05) is 19.0 Å². The highest BCUT2D eigenvalue weighted by atomic mass is 19.1. The normalized spacial score (nSPS) is 11.6. The van der Waals surface area contributed by atoms with Crippen LogP contribution in [0.2, 0.25) is 0 Å². The van der Waals surface area contributed by atoms with Crippen molar-refractivity contribution in [3.63, 3.8) is 0 Å². The first-order chi connectivity index (χ1) is 7.95. The molecule has 0 heterocycles. The van der Waals surface area contributed by atoms with E-state index in [1.165, 1.54) is 12.1 Å². The Morgan fingerprint density at radius 3 is 2.71 bits per heavy atom. The van der Waals surface area contributed by atoms with Crippen molar-refractivity contribution >= 4 is 17.4 Å². The lowest BCUT2D eigenvalue weighted by Gasteiger charge is -2.09. The largest absolute Gasteiger partial charge is 0.409 e. The van der Waals surface area contributed by atoms with Gasteiger partial charge in [0, 0.05) is 11.6 Å². The number of nitrogens with two attached hydrogens (primary N) is 1. The summed E-state index contributed by atoms with van der Waals surface area (Å²) in [7, 11) is 0. The zero-order valence-corrected chi connectivity index (χ0v) is 9.57. The molecule has 1 aromatic carbocycles. The summed E-state index contributed by atoms with van der Waals surface area (Å²) in [4.78, 5) is 11.4. The van der Waals surface area contributed by atoms with E-state index in [-0.39, 0.29) is 23.2 Å². The molecule has 0 atom stereocenters. The number of carbonyl (C=O) groups excluding carboxylic acids is 1. The molecule has 0 radical (unpaired) electrons. The van der Waals surface area contributed by atoms with Crippen molar-refractivity contribution < 1.29 is 14.4 Å². The third-order valence-corrected chi connectivity index (χ3v) is 2.14. The van der Waals surface area contributed by atoms with Crippen molar-refractivity contribution in [2.45, 2.75) is 13.8 Å². The van der Waals surface area contributed by atoms with Crippen LogP contribution in [0, 0.1) is 11.7 Å². The van der Waals surface area contributed by atoms with Crippen molar-refractivity contribution in [1.82, 2.24) is 0 Å². The highest BCUT2D eigenvalue weighted by molar-refractivity contribution is 5.99. The van der Waals surface area contributed by atoms with Gasteiger partial charge in [-0.2, -0.15) is 0 Å². The molecule has 17 heavy (non-hydrogen) atoms. The van der Waals surface area contributed by atoms with Crippen LogP contribution < -0.4 is 11.1 Å². The molecule has 0 spiro atoms. The highest BCUT2D eigenvalue weighted by Gasteiger charge is 2.11. The lowest BCUT2D eigenvalue weighted by molar-refractivity contribution is -0.118. The van der Waals surface area contributed by atoms with Gasteiger partial charge in [0.15, 0.2) is 5.84 Å². The quantitative estimate of drug-likeness (QED) is 0.323. The first kappa shape index (κ1) is 13.0. The van der Waals surface area contributed by atoms with E-state index in [9.17, 15) is 9.18 Å². The van der Waals surface area contributed by atoms with Gasteiger partial charge in [0.05, 0.1) is 5.56 Å². The molecule has 1 rings (SSSR count). The molecule has 92 valence electrons. The second-order valence-corrected chi connectivity index (χ2v) is 3.82. The molecule has 0 saturated heterocycles. The molecule has 6 heteroatoms. The summed E-state index contributed by atoms with van der Waals surface area (Å²) in [5.41, 5.74) is 5.64. The Morgan fingerprint density at radius 2 is 2.18 bits per heavy atom. The number of amidine groups is 1. The van der Waals surface area contributed by atoms with E-state index in [1.807, 2.05) is 0 Å². The Morgan fingerprint density at radius 1 is 1.53 bits per heavy atom. The first-order valence-corrected chi connectivity index (χ1v) is 5.04. The van der Waals surface area contributed by atoms with Crippen LogP contribution >= 0.6 is 0 Å². The summed E-state index contributed by atoms with van der Waals surface area (Å²) in [6, 6.07) is 3.86. The van der Waals surface area contributed by atoms with Crippen LogP contribution in [0.1, 0.15) is 19.4 Å². The van der Waals surface area contributed by atoms with E-state index in [4.69, 9.17) is 10.9 Å². The average Bonchev–Trinajstić information content (AvgIpc) is 2.30. The smallest absolute Gasteiger partial charge is 0.226 e. The van der Waals surface area contributed by atoms with Crippen LogP contribution in [0.4, 0.5) is 10.1 Å². The SMILES string of the molecule is CC(C)C(=O)Nc1ccc(F)c(C(N)=NO)c1. The van der Waals surface area contributed by atoms with Crippen molar-refractivity contribution in [3.05, 3.63) is 29.6 Å². The third-order valence-electron chi connectivity index (χ3n) is 2.14. The second-order valence-electron chi connectivity index (χ2n) is 3.82. The molecule has 0 unspecified atom stereocenters. The van der Waals surface area contributed by atoms with Crippen molar-refractivity contribution in [3.8, 4) is 0 Å². The number of hydrogen-bond donors (Lipinski definition) is 3. The molecule has 0 aliphatic heterocycles. The molecule has 1 aromatic rings. The minimum Gasteiger partial charge on any atom is -0.409 e. The number of rotatable bonds is 3. The van der Waals surface area contributed by atoms with Crippen LogP contribution in [0.3, 0.4) is 0 Å². The first-order valence-electron chi connectivity index (χ1n) is 5.04. The Kier molecular flexibility index (Phi) is 4.03. The van der Waals surface area contributed by atoms with Gasteiger partial charge in [-0.15, -0.1) is 0 Å². The number of nitrogens with zero attached hydrogens (tertiary/aromatic N) is 1. The van der Waals surface area contributed by atoms with Gasteiger partial charge < -0.3 is 16.3 Å². The Hall–Kier alpha value is -2.11. The molecule has 0 aliphatic carbocycles. The minimum absolute atomic E-state index is 0.0611. The number of amides is 1. The molecule has 1 amide bonds. The maximum atomic E-state index is 13.3. The zero-order valence-electron chi connectivity index (χ0n) is 9.57. The number of halogens is 1. The molecule has 0 saturated carbocycles. The lowest BCUT2D eigenvalue weighted by Crippen LogP contribution is -2.19. The van der Waals surface area contributed by atoms with Gasteiger partial charge >= 0.3 is 0 Å². The number of nitrogens with one attached hydrogen (secondary N) is 1. The fourth-order valence-electron chi connectivity index (χ4n) is 1.14. The van der Waals surface area contributed by atoms with E-state index in [0.29, 0.717) is 5.69 Å². The maximum absolute atomic E-state index is 13.3. The minimum atomic E-state index is -0.622. The van der Waals surface area contributed by atoms with Gasteiger partial charge in [-0.3, -0.25) is 4.79 Å². The Bertz CT molecular complexity index is 458. The average molecular weight is 239 g/mol.